The predicted octanol–water partition coefficient (Wildman–Crippen LogP) is 1.72. The Morgan fingerprint density at radius 3 is 2.85 bits per heavy atom. The van der Waals surface area contributed by atoms with Crippen molar-refractivity contribution in [3.8, 4) is 0 Å². The lowest BCUT2D eigenvalue weighted by atomic mass is 10.2. The van der Waals surface area contributed by atoms with E-state index in [1.165, 1.54) is 36.1 Å². The van der Waals surface area contributed by atoms with Crippen LogP contribution in [0.25, 0.3) is 6.08 Å². The first-order valence-corrected chi connectivity index (χ1v) is 11.2. The minimum atomic E-state index is -3.12. The van der Waals surface area contributed by atoms with Crippen molar-refractivity contribution in [2.75, 3.05) is 11.5 Å². The fourth-order valence-corrected chi connectivity index (χ4v) is 6.00. The molecule has 2 aliphatic rings. The van der Waals surface area contributed by atoms with Crippen LogP contribution in [0.15, 0.2) is 29.2 Å². The first-order valence-electron chi connectivity index (χ1n) is 8.20. The van der Waals surface area contributed by atoms with E-state index >= 15 is 0 Å². The van der Waals surface area contributed by atoms with E-state index in [1.54, 1.807) is 6.07 Å². The Bertz CT molecular complexity index is 945. The molecule has 0 bridgehead atoms. The van der Waals surface area contributed by atoms with Gasteiger partial charge in [-0.1, -0.05) is 36.1 Å². The van der Waals surface area contributed by atoms with E-state index in [0.717, 1.165) is 11.8 Å². The maximum atomic E-state index is 13.3. The molecule has 10 heteroatoms. The minimum Gasteiger partial charge on any atom is -0.351 e. The van der Waals surface area contributed by atoms with Crippen molar-refractivity contribution >= 4 is 56.0 Å². The average molecular weight is 429 g/mol. The summed E-state index contributed by atoms with van der Waals surface area (Å²) < 4.78 is 36.6. The van der Waals surface area contributed by atoms with Crippen molar-refractivity contribution in [3.05, 3.63) is 40.6 Å². The smallest absolute Gasteiger partial charge is 0.266 e. The van der Waals surface area contributed by atoms with Gasteiger partial charge in [0.2, 0.25) is 5.91 Å². The molecule has 3 rings (SSSR count). The lowest BCUT2D eigenvalue weighted by Crippen LogP contribution is -2.50. The zero-order valence-corrected chi connectivity index (χ0v) is 16.8. The summed E-state index contributed by atoms with van der Waals surface area (Å²) in [4.78, 5) is 26.6. The lowest BCUT2D eigenvalue weighted by molar-refractivity contribution is -0.132. The molecule has 6 nitrogen and oxygen atoms in total. The van der Waals surface area contributed by atoms with Gasteiger partial charge in [-0.15, -0.1) is 0 Å². The summed E-state index contributed by atoms with van der Waals surface area (Å²) in [6.07, 6.45) is 1.88. The van der Waals surface area contributed by atoms with Crippen molar-refractivity contribution in [1.29, 1.82) is 0 Å². The summed E-state index contributed by atoms with van der Waals surface area (Å²) in [6.45, 7) is 1.54. The second-order valence-corrected chi connectivity index (χ2v) is 10.3. The number of carbonyl (C=O) groups excluding carboxylic acids is 2. The topological polar surface area (TPSA) is 83.6 Å². The van der Waals surface area contributed by atoms with Gasteiger partial charge >= 0.3 is 0 Å². The Balaban J connectivity index is 1.71. The van der Waals surface area contributed by atoms with Crippen molar-refractivity contribution in [3.63, 3.8) is 0 Å². The summed E-state index contributed by atoms with van der Waals surface area (Å²) in [7, 11) is -3.12. The molecular formula is C17H17FN2O4S3. The second kappa shape index (κ2) is 7.69. The predicted molar refractivity (Wildman–Crippen MR) is 106 cm³/mol. The largest absolute Gasteiger partial charge is 0.351 e. The summed E-state index contributed by atoms with van der Waals surface area (Å²) >= 11 is 6.27. The Kier molecular flexibility index (Phi) is 5.68. The van der Waals surface area contributed by atoms with Crippen LogP contribution in [0.2, 0.25) is 0 Å². The molecule has 0 radical (unpaired) electrons. The normalized spacial score (nSPS) is 24.4. The van der Waals surface area contributed by atoms with Gasteiger partial charge in [0.15, 0.2) is 9.84 Å². The number of benzene rings is 1. The first kappa shape index (κ1) is 20.0. The van der Waals surface area contributed by atoms with Gasteiger partial charge in [0.05, 0.1) is 16.4 Å². The van der Waals surface area contributed by atoms with Crippen LogP contribution in [0, 0.1) is 5.82 Å². The third-order valence-corrected chi connectivity index (χ3v) is 7.41. The van der Waals surface area contributed by atoms with Crippen LogP contribution in [0.5, 0.6) is 0 Å². The van der Waals surface area contributed by atoms with Crippen LogP contribution < -0.4 is 5.32 Å². The van der Waals surface area contributed by atoms with Gasteiger partial charge in [-0.2, -0.15) is 0 Å². The van der Waals surface area contributed by atoms with E-state index in [1.807, 2.05) is 0 Å². The minimum absolute atomic E-state index is 0.0454. The number of nitrogens with zero attached hydrogens (tertiary/aromatic N) is 1. The van der Waals surface area contributed by atoms with E-state index in [-0.39, 0.29) is 15.8 Å². The van der Waals surface area contributed by atoms with Crippen LogP contribution in [0.1, 0.15) is 18.9 Å². The van der Waals surface area contributed by atoms with Crippen molar-refractivity contribution < 1.29 is 22.4 Å². The number of thioether (sulfide) groups is 1. The number of amides is 2. The third kappa shape index (κ3) is 4.56. The Labute approximate surface area is 166 Å². The van der Waals surface area contributed by atoms with E-state index < -0.39 is 39.6 Å². The van der Waals surface area contributed by atoms with Crippen LogP contribution in [0.4, 0.5) is 4.39 Å². The van der Waals surface area contributed by atoms with Gasteiger partial charge in [-0.3, -0.25) is 14.5 Å². The summed E-state index contributed by atoms with van der Waals surface area (Å²) in [5, 5.41) is 2.67. The monoisotopic (exact) mass is 428 g/mol. The van der Waals surface area contributed by atoms with Crippen LogP contribution in [-0.2, 0) is 19.4 Å². The molecule has 2 amide bonds. The lowest BCUT2D eigenvalue weighted by Gasteiger charge is -2.23. The van der Waals surface area contributed by atoms with E-state index in [4.69, 9.17) is 12.2 Å². The zero-order valence-electron chi connectivity index (χ0n) is 14.3. The second-order valence-electron chi connectivity index (χ2n) is 6.39. The molecule has 0 aliphatic carbocycles. The maximum Gasteiger partial charge on any atom is 0.266 e. The highest BCUT2D eigenvalue weighted by atomic mass is 32.2. The van der Waals surface area contributed by atoms with E-state index in [0.29, 0.717) is 16.9 Å². The fourth-order valence-electron chi connectivity index (χ4n) is 2.91. The molecule has 2 saturated heterocycles. The number of carbonyl (C=O) groups is 2. The molecule has 2 unspecified atom stereocenters. The number of hydrogen-bond donors (Lipinski definition) is 1. The van der Waals surface area contributed by atoms with Crippen molar-refractivity contribution in [2.24, 2.45) is 0 Å². The fraction of sp³-hybridized carbons (Fsp3) is 0.353. The molecule has 144 valence electrons. The number of halogens is 1. The molecule has 1 aromatic rings. The standard InChI is InChI=1S/C17H17FN2O4S3/c1-10(15(21)19-13-5-6-27(23,24)9-13)20-16(22)14(26-17(20)25)8-11-3-2-4-12(18)7-11/h2-4,7-8,10,13H,5-6,9H2,1H3,(H,19,21). The average Bonchev–Trinajstić information content (AvgIpc) is 3.05. The van der Waals surface area contributed by atoms with Crippen molar-refractivity contribution in [2.45, 2.75) is 25.4 Å². The van der Waals surface area contributed by atoms with Gasteiger partial charge in [0, 0.05) is 6.04 Å². The SMILES string of the molecule is CC(C(=O)NC1CCS(=O)(=O)C1)N1C(=O)C(=Cc2cccc(F)c2)SC1=S. The molecule has 2 fully saturated rings. The quantitative estimate of drug-likeness (QED) is 0.581. The van der Waals surface area contributed by atoms with E-state index in [2.05, 4.69) is 5.32 Å². The molecule has 2 aliphatic heterocycles. The first-order chi connectivity index (χ1) is 12.7. The van der Waals surface area contributed by atoms with Crippen molar-refractivity contribution in [1.82, 2.24) is 10.2 Å². The Hall–Kier alpha value is -1.78. The molecule has 0 spiro atoms. The number of rotatable bonds is 4. The number of sulfone groups is 1. The molecule has 2 atom stereocenters. The summed E-state index contributed by atoms with van der Waals surface area (Å²) in [6, 6.07) is 4.46. The molecule has 2 heterocycles. The van der Waals surface area contributed by atoms with E-state index in [9.17, 15) is 22.4 Å². The number of thiocarbonyl (C=S) groups is 1. The van der Waals surface area contributed by atoms with Gasteiger partial charge in [-0.25, -0.2) is 12.8 Å². The highest BCUT2D eigenvalue weighted by Crippen LogP contribution is 2.34. The van der Waals surface area contributed by atoms with Crippen LogP contribution in [0.3, 0.4) is 0 Å². The molecule has 0 aromatic heterocycles. The highest BCUT2D eigenvalue weighted by Gasteiger charge is 2.39. The summed E-state index contributed by atoms with van der Waals surface area (Å²) in [5.41, 5.74) is 0.517. The number of hydrogen-bond acceptors (Lipinski definition) is 6. The van der Waals surface area contributed by atoms with Gasteiger partial charge in [0.1, 0.15) is 16.2 Å². The molecule has 1 aromatic carbocycles. The maximum absolute atomic E-state index is 13.3. The van der Waals surface area contributed by atoms with Gasteiger partial charge in [-0.05, 0) is 37.1 Å². The highest BCUT2D eigenvalue weighted by molar-refractivity contribution is 8.26. The number of nitrogens with one attached hydrogen (secondary N) is 1. The molecule has 27 heavy (non-hydrogen) atoms. The summed E-state index contributed by atoms with van der Waals surface area (Å²) in [5.74, 6) is -1.36. The molecular weight excluding hydrogens is 411 g/mol. The Morgan fingerprint density at radius 1 is 1.48 bits per heavy atom. The van der Waals surface area contributed by atoms with Crippen LogP contribution in [-0.4, -0.2) is 53.0 Å². The third-order valence-electron chi connectivity index (χ3n) is 4.32. The van der Waals surface area contributed by atoms with Gasteiger partial charge in [0.25, 0.3) is 5.91 Å². The molecule has 0 saturated carbocycles. The zero-order chi connectivity index (χ0) is 19.8. The Morgan fingerprint density at radius 2 is 2.22 bits per heavy atom. The van der Waals surface area contributed by atoms with Gasteiger partial charge < -0.3 is 5.32 Å². The van der Waals surface area contributed by atoms with Crippen LogP contribution >= 0.6 is 24.0 Å². The molecule has 1 N–H and O–H groups in total.